The van der Waals surface area contributed by atoms with Crippen LogP contribution in [0.15, 0.2) is 48.7 Å². The molecule has 1 aromatic carbocycles. The molecule has 1 aliphatic rings. The first kappa shape index (κ1) is 29.8. The monoisotopic (exact) mass is 561 g/mol. The van der Waals surface area contributed by atoms with Gasteiger partial charge in [0.15, 0.2) is 0 Å². The first-order chi connectivity index (χ1) is 19.4. The summed E-state index contributed by atoms with van der Waals surface area (Å²) in [5.74, 6) is -0.0109. The molecule has 4 rings (SSSR count). The maximum absolute atomic E-state index is 13.2. The Morgan fingerprint density at radius 1 is 1.07 bits per heavy atom. The van der Waals surface area contributed by atoms with E-state index in [2.05, 4.69) is 15.6 Å². The number of amides is 2. The number of piperidine rings is 1. The summed E-state index contributed by atoms with van der Waals surface area (Å²) in [5.41, 5.74) is 0.445. The van der Waals surface area contributed by atoms with Gasteiger partial charge >= 0.3 is 12.1 Å². The lowest BCUT2D eigenvalue weighted by Gasteiger charge is -2.33. The number of hydrogen-bond donors (Lipinski definition) is 2. The molecule has 0 radical (unpaired) electrons. The van der Waals surface area contributed by atoms with Crippen molar-refractivity contribution >= 4 is 40.4 Å². The standard InChI is InChI=1S/C31H39N5O5/c1-19(2)33-27-24-16-26(35-28(37)22-13-10-14-36(18-22)30(39)41-31(4,5)6)32-17-23(24)15-25(34-27)20(3)40-29(38)21-11-8-7-9-12-21/h7-9,11-12,15-17,19-20,22H,10,13-14,18H2,1-6H3,(H,33,34)(H,32,35,37)/t20-,22?/m1/s1. The van der Waals surface area contributed by atoms with Crippen LogP contribution in [0.4, 0.5) is 16.4 Å². The van der Waals surface area contributed by atoms with E-state index < -0.39 is 23.8 Å². The summed E-state index contributed by atoms with van der Waals surface area (Å²) < 4.78 is 11.2. The van der Waals surface area contributed by atoms with Crippen LogP contribution in [0.5, 0.6) is 0 Å². The van der Waals surface area contributed by atoms with Gasteiger partial charge in [0.05, 0.1) is 17.2 Å². The highest BCUT2D eigenvalue weighted by Crippen LogP contribution is 2.29. The van der Waals surface area contributed by atoms with E-state index in [4.69, 9.17) is 14.5 Å². The summed E-state index contributed by atoms with van der Waals surface area (Å²) in [6.07, 6.45) is 2.04. The van der Waals surface area contributed by atoms with Crippen LogP contribution >= 0.6 is 0 Å². The fraction of sp³-hybridized carbons (Fsp3) is 0.452. The van der Waals surface area contributed by atoms with E-state index in [1.165, 1.54) is 0 Å². The van der Waals surface area contributed by atoms with Crippen molar-refractivity contribution in [2.45, 2.75) is 72.1 Å². The summed E-state index contributed by atoms with van der Waals surface area (Å²) in [4.78, 5) is 49.1. The molecule has 0 spiro atoms. The second-order valence-electron chi connectivity index (χ2n) is 11.7. The average Bonchev–Trinajstić information content (AvgIpc) is 2.92. The molecule has 41 heavy (non-hydrogen) atoms. The second kappa shape index (κ2) is 12.5. The van der Waals surface area contributed by atoms with Crippen LogP contribution in [-0.2, 0) is 14.3 Å². The van der Waals surface area contributed by atoms with Gasteiger partial charge in [-0.25, -0.2) is 19.6 Å². The number of carbonyl (C=O) groups is 3. The van der Waals surface area contributed by atoms with Crippen molar-refractivity contribution in [3.63, 3.8) is 0 Å². The summed E-state index contributed by atoms with van der Waals surface area (Å²) in [6, 6.07) is 12.5. The van der Waals surface area contributed by atoms with Crippen LogP contribution in [0, 0.1) is 5.92 Å². The van der Waals surface area contributed by atoms with Crippen molar-refractivity contribution in [1.82, 2.24) is 14.9 Å². The minimum absolute atomic E-state index is 0.0791. The largest absolute Gasteiger partial charge is 0.453 e. The maximum Gasteiger partial charge on any atom is 0.410 e. The number of hydrogen-bond acceptors (Lipinski definition) is 8. The number of ether oxygens (including phenoxy) is 2. The molecule has 10 heteroatoms. The molecule has 1 fully saturated rings. The predicted octanol–water partition coefficient (Wildman–Crippen LogP) is 5.95. The molecule has 3 heterocycles. The van der Waals surface area contributed by atoms with Gasteiger partial charge in [-0.1, -0.05) is 18.2 Å². The number of carbonyl (C=O) groups excluding carboxylic acids is 3. The van der Waals surface area contributed by atoms with Gasteiger partial charge < -0.3 is 25.0 Å². The molecule has 1 unspecified atom stereocenters. The minimum Gasteiger partial charge on any atom is -0.453 e. The molecular formula is C31H39N5O5. The Morgan fingerprint density at radius 3 is 2.49 bits per heavy atom. The fourth-order valence-electron chi connectivity index (χ4n) is 4.60. The number of esters is 1. The van der Waals surface area contributed by atoms with Crippen molar-refractivity contribution in [2.75, 3.05) is 23.7 Å². The molecule has 218 valence electrons. The van der Waals surface area contributed by atoms with E-state index in [1.807, 2.05) is 46.8 Å². The van der Waals surface area contributed by atoms with Gasteiger partial charge in [0.2, 0.25) is 5.91 Å². The molecule has 2 amide bonds. The van der Waals surface area contributed by atoms with Gasteiger partial charge in [-0.15, -0.1) is 0 Å². The topological polar surface area (TPSA) is 123 Å². The predicted molar refractivity (Wildman–Crippen MR) is 158 cm³/mol. The lowest BCUT2D eigenvalue weighted by atomic mass is 9.97. The molecule has 1 aliphatic heterocycles. The highest BCUT2D eigenvalue weighted by atomic mass is 16.6. The summed E-state index contributed by atoms with van der Waals surface area (Å²) in [5, 5.41) is 7.83. The summed E-state index contributed by atoms with van der Waals surface area (Å²) in [7, 11) is 0. The Hall–Kier alpha value is -4.21. The smallest absolute Gasteiger partial charge is 0.410 e. The number of fused-ring (bicyclic) bond motifs is 1. The fourth-order valence-corrected chi connectivity index (χ4v) is 4.60. The molecule has 10 nitrogen and oxygen atoms in total. The van der Waals surface area contributed by atoms with E-state index in [0.29, 0.717) is 48.8 Å². The number of nitrogens with one attached hydrogen (secondary N) is 2. The van der Waals surface area contributed by atoms with Crippen LogP contribution in [0.25, 0.3) is 10.8 Å². The van der Waals surface area contributed by atoms with Crippen molar-refractivity contribution in [2.24, 2.45) is 5.92 Å². The van der Waals surface area contributed by atoms with Crippen molar-refractivity contribution in [3.8, 4) is 0 Å². The Morgan fingerprint density at radius 2 is 1.80 bits per heavy atom. The molecule has 2 atom stereocenters. The van der Waals surface area contributed by atoms with E-state index >= 15 is 0 Å². The summed E-state index contributed by atoms with van der Waals surface area (Å²) in [6.45, 7) is 12.1. The quantitative estimate of drug-likeness (QED) is 0.339. The number of pyridine rings is 2. The summed E-state index contributed by atoms with van der Waals surface area (Å²) >= 11 is 0. The van der Waals surface area contributed by atoms with Gasteiger partial charge in [-0.2, -0.15) is 0 Å². The Kier molecular flexibility index (Phi) is 9.10. The van der Waals surface area contributed by atoms with Crippen LogP contribution in [0.2, 0.25) is 0 Å². The van der Waals surface area contributed by atoms with Crippen molar-refractivity contribution in [3.05, 3.63) is 59.9 Å². The minimum atomic E-state index is -0.599. The van der Waals surface area contributed by atoms with E-state index in [9.17, 15) is 14.4 Å². The van der Waals surface area contributed by atoms with Crippen LogP contribution in [0.1, 0.15) is 76.5 Å². The molecule has 0 saturated carbocycles. The van der Waals surface area contributed by atoms with Gasteiger partial charge in [0.1, 0.15) is 23.3 Å². The molecule has 0 aliphatic carbocycles. The van der Waals surface area contributed by atoms with Crippen molar-refractivity contribution in [1.29, 1.82) is 0 Å². The lowest BCUT2D eigenvalue weighted by molar-refractivity contribution is -0.121. The van der Waals surface area contributed by atoms with Gasteiger partial charge in [-0.3, -0.25) is 4.79 Å². The lowest BCUT2D eigenvalue weighted by Crippen LogP contribution is -2.45. The number of rotatable bonds is 7. The average molecular weight is 562 g/mol. The van der Waals surface area contributed by atoms with Gasteiger partial charge in [0, 0.05) is 36.1 Å². The number of anilines is 2. The Balaban J connectivity index is 1.51. The molecule has 2 N–H and O–H groups in total. The zero-order chi connectivity index (χ0) is 29.7. The van der Waals surface area contributed by atoms with E-state index in [1.54, 1.807) is 48.4 Å². The molecular weight excluding hydrogens is 522 g/mol. The Labute approximate surface area is 240 Å². The second-order valence-corrected chi connectivity index (χ2v) is 11.7. The Bertz CT molecular complexity index is 1400. The van der Waals surface area contributed by atoms with Gasteiger partial charge in [0.25, 0.3) is 0 Å². The molecule has 3 aromatic rings. The van der Waals surface area contributed by atoms with Crippen molar-refractivity contribution < 1.29 is 23.9 Å². The number of likely N-dealkylation sites (tertiary alicyclic amines) is 1. The highest BCUT2D eigenvalue weighted by molar-refractivity contribution is 5.97. The zero-order valence-corrected chi connectivity index (χ0v) is 24.6. The number of aromatic nitrogens is 2. The van der Waals surface area contributed by atoms with E-state index in [0.717, 1.165) is 10.8 Å². The number of nitrogens with zero attached hydrogens (tertiary/aromatic N) is 3. The third kappa shape index (κ3) is 7.93. The SMILES string of the molecule is CC(C)Nc1nc([C@@H](C)OC(=O)c2ccccc2)cc2cnc(NC(=O)C3CCCN(C(=O)OC(C)(C)C)C3)cc12. The van der Waals surface area contributed by atoms with Gasteiger partial charge in [-0.05, 0) is 78.6 Å². The molecule has 0 bridgehead atoms. The maximum atomic E-state index is 13.2. The third-order valence-electron chi connectivity index (χ3n) is 6.56. The van der Waals surface area contributed by atoms with E-state index in [-0.39, 0.29) is 17.9 Å². The first-order valence-electron chi connectivity index (χ1n) is 14.0. The first-order valence-corrected chi connectivity index (χ1v) is 14.0. The third-order valence-corrected chi connectivity index (χ3v) is 6.56. The number of benzene rings is 1. The highest BCUT2D eigenvalue weighted by Gasteiger charge is 2.31. The van der Waals surface area contributed by atoms with Crippen LogP contribution in [0.3, 0.4) is 0 Å². The zero-order valence-electron chi connectivity index (χ0n) is 24.6. The van der Waals surface area contributed by atoms with Crippen LogP contribution in [-0.4, -0.2) is 57.6 Å². The molecule has 1 saturated heterocycles. The van der Waals surface area contributed by atoms with Crippen LogP contribution < -0.4 is 10.6 Å². The normalized spacial score (nSPS) is 16.3. The molecule has 2 aromatic heterocycles.